The Morgan fingerprint density at radius 1 is 1.22 bits per heavy atom. The first-order valence-corrected chi connectivity index (χ1v) is 6.90. The zero-order valence-corrected chi connectivity index (χ0v) is 11.4. The van der Waals surface area contributed by atoms with Crippen LogP contribution in [0, 0.1) is 0 Å². The van der Waals surface area contributed by atoms with Crippen LogP contribution in [0.2, 0.25) is 0 Å². The highest BCUT2D eigenvalue weighted by atomic mass is 16.3. The second-order valence-corrected chi connectivity index (χ2v) is 4.72. The maximum absolute atomic E-state index is 9.12. The van der Waals surface area contributed by atoms with Crippen LogP contribution in [-0.2, 0) is 0 Å². The highest BCUT2D eigenvalue weighted by molar-refractivity contribution is 5.20. The Morgan fingerprint density at radius 3 is 2.50 bits per heavy atom. The van der Waals surface area contributed by atoms with Crippen molar-refractivity contribution in [3.63, 3.8) is 0 Å². The zero-order valence-electron chi connectivity index (χ0n) is 11.4. The van der Waals surface area contributed by atoms with Gasteiger partial charge in [-0.15, -0.1) is 0 Å². The van der Waals surface area contributed by atoms with E-state index in [1.165, 1.54) is 18.4 Å². The Kier molecular flexibility index (Phi) is 7.65. The normalized spacial score (nSPS) is 12.9. The molecule has 1 unspecified atom stereocenters. The van der Waals surface area contributed by atoms with Gasteiger partial charge in [0.05, 0.1) is 6.61 Å². The molecule has 0 saturated heterocycles. The Morgan fingerprint density at radius 2 is 1.94 bits per heavy atom. The molecule has 3 nitrogen and oxygen atoms in total. The molecule has 0 aliphatic carbocycles. The van der Waals surface area contributed by atoms with Gasteiger partial charge >= 0.3 is 0 Å². The van der Waals surface area contributed by atoms with E-state index < -0.39 is 0 Å². The fourth-order valence-electron chi connectivity index (χ4n) is 2.17. The Labute approximate surface area is 111 Å². The molecule has 0 aromatic heterocycles. The second kappa shape index (κ2) is 9.09. The lowest BCUT2D eigenvalue weighted by Crippen LogP contribution is -2.34. The van der Waals surface area contributed by atoms with Crippen molar-refractivity contribution in [3.05, 3.63) is 35.9 Å². The van der Waals surface area contributed by atoms with Gasteiger partial charge in [-0.1, -0.05) is 43.7 Å². The number of benzene rings is 1. The molecule has 1 aromatic rings. The lowest BCUT2D eigenvalue weighted by molar-refractivity contribution is 0.186. The average Bonchev–Trinajstić information content (AvgIpc) is 2.43. The number of aliphatic hydroxyl groups excluding tert-OH is 1. The lowest BCUT2D eigenvalue weighted by Gasteiger charge is -2.26. The number of nitrogens with two attached hydrogens (primary N) is 1. The van der Waals surface area contributed by atoms with Gasteiger partial charge in [0.15, 0.2) is 0 Å². The summed E-state index contributed by atoms with van der Waals surface area (Å²) in [7, 11) is 0. The standard InChI is InChI=1S/C15H26N2O/c1-2-3-9-17(10-11-18)13-15(12-16)14-7-5-4-6-8-14/h4-8,15,18H,2-3,9-13,16H2,1H3. The summed E-state index contributed by atoms with van der Waals surface area (Å²) in [4.78, 5) is 2.31. The molecule has 18 heavy (non-hydrogen) atoms. The van der Waals surface area contributed by atoms with E-state index in [0.717, 1.165) is 19.6 Å². The first-order chi connectivity index (χ1) is 8.81. The van der Waals surface area contributed by atoms with E-state index in [4.69, 9.17) is 10.8 Å². The number of rotatable bonds is 9. The van der Waals surface area contributed by atoms with Gasteiger partial charge in [-0.2, -0.15) is 0 Å². The minimum Gasteiger partial charge on any atom is -0.395 e. The minimum atomic E-state index is 0.218. The maximum Gasteiger partial charge on any atom is 0.0558 e. The third-order valence-corrected chi connectivity index (χ3v) is 3.28. The van der Waals surface area contributed by atoms with E-state index in [1.807, 2.05) is 6.07 Å². The minimum absolute atomic E-state index is 0.218. The summed E-state index contributed by atoms with van der Waals surface area (Å²) in [5, 5.41) is 9.12. The van der Waals surface area contributed by atoms with Gasteiger partial charge in [0.25, 0.3) is 0 Å². The van der Waals surface area contributed by atoms with Crippen LogP contribution in [0.5, 0.6) is 0 Å². The molecule has 0 radical (unpaired) electrons. The number of unbranched alkanes of at least 4 members (excludes halogenated alkanes) is 1. The molecule has 0 fully saturated rings. The fourth-order valence-corrected chi connectivity index (χ4v) is 2.17. The molecule has 0 saturated carbocycles. The summed E-state index contributed by atoms with van der Waals surface area (Å²) < 4.78 is 0. The summed E-state index contributed by atoms with van der Waals surface area (Å²) in [6, 6.07) is 10.4. The van der Waals surface area contributed by atoms with E-state index in [9.17, 15) is 0 Å². The van der Waals surface area contributed by atoms with Gasteiger partial charge in [0.2, 0.25) is 0 Å². The molecule has 3 heteroatoms. The van der Waals surface area contributed by atoms with Crippen LogP contribution in [0.1, 0.15) is 31.2 Å². The number of hydrogen-bond donors (Lipinski definition) is 2. The van der Waals surface area contributed by atoms with E-state index in [1.54, 1.807) is 0 Å². The van der Waals surface area contributed by atoms with Crippen LogP contribution in [0.15, 0.2) is 30.3 Å². The Hall–Kier alpha value is -0.900. The second-order valence-electron chi connectivity index (χ2n) is 4.72. The Bertz CT molecular complexity index is 303. The molecule has 0 aliphatic rings. The molecular formula is C15H26N2O. The Balaban J connectivity index is 2.58. The smallest absolute Gasteiger partial charge is 0.0558 e. The SMILES string of the molecule is CCCCN(CCO)CC(CN)c1ccccc1. The zero-order chi connectivity index (χ0) is 13.2. The summed E-state index contributed by atoms with van der Waals surface area (Å²) in [6.07, 6.45) is 2.35. The summed E-state index contributed by atoms with van der Waals surface area (Å²) in [5.74, 6) is 0.356. The molecule has 102 valence electrons. The van der Waals surface area contributed by atoms with Crippen molar-refractivity contribution < 1.29 is 5.11 Å². The first kappa shape index (κ1) is 15.2. The summed E-state index contributed by atoms with van der Waals surface area (Å²) in [5.41, 5.74) is 7.18. The van der Waals surface area contributed by atoms with Crippen molar-refractivity contribution in [1.29, 1.82) is 0 Å². The molecule has 3 N–H and O–H groups in total. The van der Waals surface area contributed by atoms with Crippen molar-refractivity contribution in [1.82, 2.24) is 4.90 Å². The average molecular weight is 250 g/mol. The van der Waals surface area contributed by atoms with Crippen LogP contribution in [0.25, 0.3) is 0 Å². The topological polar surface area (TPSA) is 49.5 Å². The molecule has 1 aromatic carbocycles. The van der Waals surface area contributed by atoms with Crippen molar-refractivity contribution in [2.75, 3.05) is 32.8 Å². The maximum atomic E-state index is 9.12. The van der Waals surface area contributed by atoms with Crippen LogP contribution in [0.4, 0.5) is 0 Å². The number of nitrogens with zero attached hydrogens (tertiary/aromatic N) is 1. The largest absolute Gasteiger partial charge is 0.395 e. The van der Waals surface area contributed by atoms with Crippen LogP contribution < -0.4 is 5.73 Å². The van der Waals surface area contributed by atoms with E-state index in [0.29, 0.717) is 12.5 Å². The molecular weight excluding hydrogens is 224 g/mol. The quantitative estimate of drug-likeness (QED) is 0.703. The van der Waals surface area contributed by atoms with E-state index >= 15 is 0 Å². The van der Waals surface area contributed by atoms with Gasteiger partial charge in [-0.05, 0) is 18.5 Å². The van der Waals surface area contributed by atoms with E-state index in [-0.39, 0.29) is 6.61 Å². The highest BCUT2D eigenvalue weighted by Gasteiger charge is 2.14. The van der Waals surface area contributed by atoms with Gasteiger partial charge in [-0.3, -0.25) is 0 Å². The molecule has 1 rings (SSSR count). The van der Waals surface area contributed by atoms with Gasteiger partial charge < -0.3 is 15.7 Å². The third-order valence-electron chi connectivity index (χ3n) is 3.28. The molecule has 0 aliphatic heterocycles. The number of aliphatic hydroxyl groups is 1. The lowest BCUT2D eigenvalue weighted by atomic mass is 9.98. The predicted molar refractivity (Wildman–Crippen MR) is 76.7 cm³/mol. The monoisotopic (exact) mass is 250 g/mol. The molecule has 0 bridgehead atoms. The summed E-state index contributed by atoms with van der Waals surface area (Å²) in [6.45, 7) is 5.77. The van der Waals surface area contributed by atoms with Crippen molar-refractivity contribution in [3.8, 4) is 0 Å². The van der Waals surface area contributed by atoms with Crippen LogP contribution in [0.3, 0.4) is 0 Å². The van der Waals surface area contributed by atoms with Crippen molar-refractivity contribution in [2.45, 2.75) is 25.7 Å². The summed E-state index contributed by atoms with van der Waals surface area (Å²) >= 11 is 0. The van der Waals surface area contributed by atoms with Crippen molar-refractivity contribution in [2.24, 2.45) is 5.73 Å². The van der Waals surface area contributed by atoms with Crippen molar-refractivity contribution >= 4 is 0 Å². The van der Waals surface area contributed by atoms with Gasteiger partial charge in [0.1, 0.15) is 0 Å². The number of hydrogen-bond acceptors (Lipinski definition) is 3. The van der Waals surface area contributed by atoms with E-state index in [2.05, 4.69) is 36.1 Å². The molecule has 0 amide bonds. The third kappa shape index (κ3) is 5.17. The van der Waals surface area contributed by atoms with Crippen LogP contribution in [-0.4, -0.2) is 42.8 Å². The predicted octanol–water partition coefficient (Wildman–Crippen LogP) is 1.82. The van der Waals surface area contributed by atoms with Crippen LogP contribution >= 0.6 is 0 Å². The van der Waals surface area contributed by atoms with Gasteiger partial charge in [-0.25, -0.2) is 0 Å². The molecule has 0 spiro atoms. The molecule has 1 atom stereocenters. The molecule has 0 heterocycles. The highest BCUT2D eigenvalue weighted by Crippen LogP contribution is 2.16. The first-order valence-electron chi connectivity index (χ1n) is 6.90. The fraction of sp³-hybridized carbons (Fsp3) is 0.600. The van der Waals surface area contributed by atoms with Gasteiger partial charge in [0, 0.05) is 25.6 Å².